The molecular weight excluding hydrogens is 262 g/mol. The summed E-state index contributed by atoms with van der Waals surface area (Å²) >= 11 is 2.25. The Hall–Kier alpha value is 0.310. The third-order valence-electron chi connectivity index (χ3n) is 5.45. The monoisotopic (exact) mass is 299 g/mol. The number of hydrogen-bond acceptors (Lipinski definition) is 2. The van der Waals surface area contributed by atoms with Crippen molar-refractivity contribution in [2.75, 3.05) is 6.54 Å². The first kappa shape index (κ1) is 18.4. The maximum Gasteiger partial charge on any atom is 0.0206 e. The van der Waals surface area contributed by atoms with E-state index in [-0.39, 0.29) is 0 Å². The van der Waals surface area contributed by atoms with Crippen LogP contribution in [-0.4, -0.2) is 23.1 Å². The Morgan fingerprint density at radius 1 is 1.20 bits per heavy atom. The van der Waals surface area contributed by atoms with Gasteiger partial charge in [-0.3, -0.25) is 0 Å². The van der Waals surface area contributed by atoms with Crippen molar-refractivity contribution in [2.45, 2.75) is 96.6 Å². The zero-order chi connectivity index (χ0) is 15.2. The average Bonchev–Trinajstić information content (AvgIpc) is 2.45. The summed E-state index contributed by atoms with van der Waals surface area (Å²) in [6.07, 6.45) is 8.06. The summed E-state index contributed by atoms with van der Waals surface area (Å²) in [5.41, 5.74) is 0.518. The van der Waals surface area contributed by atoms with Crippen LogP contribution in [0, 0.1) is 11.3 Å². The molecule has 2 heteroatoms. The van der Waals surface area contributed by atoms with Crippen LogP contribution in [0.3, 0.4) is 0 Å². The molecule has 1 aliphatic rings. The van der Waals surface area contributed by atoms with Crippen molar-refractivity contribution in [3.63, 3.8) is 0 Å². The van der Waals surface area contributed by atoms with Gasteiger partial charge in [-0.25, -0.2) is 0 Å². The lowest BCUT2D eigenvalue weighted by Crippen LogP contribution is -2.46. The standard InChI is InChI=1S/C18H37NS/c1-7-12-19-16-11-10-15(18(5,6)9-3)13-17(16)20-14(4)8-2/h14-17,19H,7-13H2,1-6H3. The summed E-state index contributed by atoms with van der Waals surface area (Å²) in [6, 6.07) is 0.748. The van der Waals surface area contributed by atoms with E-state index in [0.29, 0.717) is 5.41 Å². The fourth-order valence-electron chi connectivity index (χ4n) is 3.24. The molecule has 0 spiro atoms. The predicted molar refractivity (Wildman–Crippen MR) is 94.6 cm³/mol. The van der Waals surface area contributed by atoms with Crippen LogP contribution in [0.5, 0.6) is 0 Å². The summed E-state index contributed by atoms with van der Waals surface area (Å²) in [5.74, 6) is 0.911. The third-order valence-corrected chi connectivity index (χ3v) is 7.12. The van der Waals surface area contributed by atoms with Crippen LogP contribution in [0.2, 0.25) is 0 Å². The molecule has 120 valence electrons. The van der Waals surface area contributed by atoms with E-state index in [1.165, 1.54) is 45.1 Å². The van der Waals surface area contributed by atoms with E-state index >= 15 is 0 Å². The Bertz CT molecular complexity index is 264. The van der Waals surface area contributed by atoms with E-state index in [1.807, 2.05) is 0 Å². The van der Waals surface area contributed by atoms with E-state index in [4.69, 9.17) is 0 Å². The zero-order valence-corrected chi connectivity index (χ0v) is 15.5. The highest BCUT2D eigenvalue weighted by molar-refractivity contribution is 8.00. The first-order valence-electron chi connectivity index (χ1n) is 8.83. The molecule has 20 heavy (non-hydrogen) atoms. The van der Waals surface area contributed by atoms with Crippen LogP contribution >= 0.6 is 11.8 Å². The molecule has 0 aromatic heterocycles. The van der Waals surface area contributed by atoms with Crippen molar-refractivity contribution < 1.29 is 0 Å². The molecule has 0 amide bonds. The molecule has 4 atom stereocenters. The number of rotatable bonds is 8. The lowest BCUT2D eigenvalue weighted by molar-refractivity contribution is 0.141. The Morgan fingerprint density at radius 2 is 1.90 bits per heavy atom. The van der Waals surface area contributed by atoms with Crippen molar-refractivity contribution in [3.05, 3.63) is 0 Å². The van der Waals surface area contributed by atoms with Gasteiger partial charge in [-0.2, -0.15) is 11.8 Å². The van der Waals surface area contributed by atoms with Gasteiger partial charge in [0.2, 0.25) is 0 Å². The summed E-state index contributed by atoms with van der Waals surface area (Å²) in [4.78, 5) is 0. The van der Waals surface area contributed by atoms with E-state index in [1.54, 1.807) is 0 Å². The lowest BCUT2D eigenvalue weighted by Gasteiger charge is -2.44. The van der Waals surface area contributed by atoms with Crippen LogP contribution in [0.15, 0.2) is 0 Å². The molecule has 1 fully saturated rings. The van der Waals surface area contributed by atoms with Crippen molar-refractivity contribution in [3.8, 4) is 0 Å². The maximum atomic E-state index is 3.82. The first-order valence-corrected chi connectivity index (χ1v) is 9.77. The van der Waals surface area contributed by atoms with Crippen molar-refractivity contribution in [2.24, 2.45) is 11.3 Å². The van der Waals surface area contributed by atoms with Gasteiger partial charge in [0.05, 0.1) is 0 Å². The smallest absolute Gasteiger partial charge is 0.0206 e. The van der Waals surface area contributed by atoms with E-state index in [2.05, 4.69) is 58.6 Å². The minimum absolute atomic E-state index is 0.518. The highest BCUT2D eigenvalue weighted by Crippen LogP contribution is 2.44. The Labute approximate surface area is 132 Å². The number of hydrogen-bond donors (Lipinski definition) is 1. The van der Waals surface area contributed by atoms with Gasteiger partial charge in [-0.1, -0.05) is 48.0 Å². The fourth-order valence-corrected chi connectivity index (χ4v) is 4.79. The van der Waals surface area contributed by atoms with Crippen molar-refractivity contribution in [1.29, 1.82) is 0 Å². The molecule has 0 aromatic carbocycles. The summed E-state index contributed by atoms with van der Waals surface area (Å²) < 4.78 is 0. The minimum Gasteiger partial charge on any atom is -0.313 e. The molecule has 1 saturated carbocycles. The topological polar surface area (TPSA) is 12.0 Å². The van der Waals surface area contributed by atoms with Crippen LogP contribution in [-0.2, 0) is 0 Å². The Morgan fingerprint density at radius 3 is 2.45 bits per heavy atom. The summed E-state index contributed by atoms with van der Waals surface area (Å²) in [6.45, 7) is 15.5. The van der Waals surface area contributed by atoms with Gasteiger partial charge in [-0.05, 0) is 50.0 Å². The molecule has 1 rings (SSSR count). The SMILES string of the molecule is CCCNC1CCC(C(C)(C)CC)CC1SC(C)CC. The van der Waals surface area contributed by atoms with E-state index < -0.39 is 0 Å². The Balaban J connectivity index is 2.67. The van der Waals surface area contributed by atoms with Crippen molar-refractivity contribution >= 4 is 11.8 Å². The summed E-state index contributed by atoms with van der Waals surface area (Å²) in [5, 5.41) is 5.44. The molecule has 0 aromatic rings. The van der Waals surface area contributed by atoms with Gasteiger partial charge in [0.15, 0.2) is 0 Å². The molecule has 1 N–H and O–H groups in total. The second-order valence-electron chi connectivity index (χ2n) is 7.31. The molecule has 1 nitrogen and oxygen atoms in total. The molecule has 0 heterocycles. The van der Waals surface area contributed by atoms with Crippen LogP contribution < -0.4 is 5.32 Å². The van der Waals surface area contributed by atoms with Crippen LogP contribution in [0.25, 0.3) is 0 Å². The highest BCUT2D eigenvalue weighted by Gasteiger charge is 2.37. The molecule has 0 aliphatic heterocycles. The van der Waals surface area contributed by atoms with Gasteiger partial charge in [0, 0.05) is 16.5 Å². The fraction of sp³-hybridized carbons (Fsp3) is 1.00. The second kappa shape index (κ2) is 8.68. The normalized spacial score (nSPS) is 29.4. The van der Waals surface area contributed by atoms with E-state index in [9.17, 15) is 0 Å². The third kappa shape index (κ3) is 5.26. The molecule has 0 radical (unpaired) electrons. The highest BCUT2D eigenvalue weighted by atomic mass is 32.2. The largest absolute Gasteiger partial charge is 0.313 e. The minimum atomic E-state index is 0.518. The molecule has 0 bridgehead atoms. The van der Waals surface area contributed by atoms with Crippen molar-refractivity contribution in [1.82, 2.24) is 5.32 Å². The van der Waals surface area contributed by atoms with Gasteiger partial charge >= 0.3 is 0 Å². The maximum absolute atomic E-state index is 3.82. The van der Waals surface area contributed by atoms with Gasteiger partial charge in [0.25, 0.3) is 0 Å². The van der Waals surface area contributed by atoms with Gasteiger partial charge < -0.3 is 5.32 Å². The van der Waals surface area contributed by atoms with Gasteiger partial charge in [-0.15, -0.1) is 0 Å². The van der Waals surface area contributed by atoms with Crippen LogP contribution in [0.1, 0.15) is 80.1 Å². The molecule has 1 aliphatic carbocycles. The number of nitrogens with one attached hydrogen (secondary N) is 1. The predicted octanol–water partition coefficient (Wildman–Crippen LogP) is 5.49. The van der Waals surface area contributed by atoms with Crippen LogP contribution in [0.4, 0.5) is 0 Å². The Kier molecular flexibility index (Phi) is 7.97. The van der Waals surface area contributed by atoms with Gasteiger partial charge in [0.1, 0.15) is 0 Å². The quantitative estimate of drug-likeness (QED) is 0.636. The zero-order valence-electron chi connectivity index (χ0n) is 14.7. The molecule has 4 unspecified atom stereocenters. The first-order chi connectivity index (χ1) is 9.44. The average molecular weight is 300 g/mol. The lowest BCUT2D eigenvalue weighted by atomic mass is 9.68. The second-order valence-corrected chi connectivity index (χ2v) is 8.99. The molecular formula is C18H37NS. The molecule has 0 saturated heterocycles. The van der Waals surface area contributed by atoms with E-state index in [0.717, 1.165) is 22.5 Å². The summed E-state index contributed by atoms with van der Waals surface area (Å²) in [7, 11) is 0. The number of thioether (sulfide) groups is 1.